The lowest BCUT2D eigenvalue weighted by molar-refractivity contribution is -0.276. The molecule has 0 radical (unpaired) electrons. The topological polar surface area (TPSA) is 42.4 Å². The zero-order valence-electron chi connectivity index (χ0n) is 7.68. The van der Waals surface area contributed by atoms with Gasteiger partial charge in [-0.05, 0) is 0 Å². The molecular formula is C8H6ClF4NO2. The molecular weight excluding hydrogens is 254 g/mol. The Morgan fingerprint density at radius 3 is 2.50 bits per heavy atom. The lowest BCUT2D eigenvalue weighted by Gasteiger charge is -2.14. The van der Waals surface area contributed by atoms with E-state index in [-0.39, 0.29) is 11.6 Å². The van der Waals surface area contributed by atoms with Gasteiger partial charge >= 0.3 is 6.36 Å². The summed E-state index contributed by atoms with van der Waals surface area (Å²) in [4.78, 5) is 3.44. The van der Waals surface area contributed by atoms with Gasteiger partial charge in [-0.3, -0.25) is 4.98 Å². The second-order valence-electron chi connectivity index (χ2n) is 2.70. The van der Waals surface area contributed by atoms with Crippen LogP contribution in [0.25, 0.3) is 0 Å². The van der Waals surface area contributed by atoms with Gasteiger partial charge in [0.25, 0.3) is 0 Å². The van der Waals surface area contributed by atoms with Crippen LogP contribution >= 0.6 is 11.6 Å². The molecule has 0 atom stereocenters. The summed E-state index contributed by atoms with van der Waals surface area (Å²) >= 11 is 5.37. The predicted molar refractivity (Wildman–Crippen MR) is 46.4 cm³/mol. The maximum Gasteiger partial charge on any atom is 0.573 e. The van der Waals surface area contributed by atoms with Crippen molar-refractivity contribution >= 4 is 11.6 Å². The van der Waals surface area contributed by atoms with Gasteiger partial charge in [0.15, 0.2) is 11.6 Å². The molecule has 0 aliphatic heterocycles. The molecule has 16 heavy (non-hydrogen) atoms. The molecule has 3 nitrogen and oxygen atoms in total. The largest absolute Gasteiger partial charge is 0.573 e. The first-order valence-corrected chi connectivity index (χ1v) is 4.51. The summed E-state index contributed by atoms with van der Waals surface area (Å²) in [6, 6.07) is 0. The maximum atomic E-state index is 13.0. The standard InChI is InChI=1S/C8H6ClF4NO2/c9-1-6-4(3-15)7(5(10)2-14-6)16-8(11,12)13/h2,15H,1,3H2. The first-order valence-electron chi connectivity index (χ1n) is 3.98. The monoisotopic (exact) mass is 259 g/mol. The van der Waals surface area contributed by atoms with Crippen LogP contribution in [0, 0.1) is 5.82 Å². The minimum atomic E-state index is -5.05. The van der Waals surface area contributed by atoms with Crippen molar-refractivity contribution in [3.05, 3.63) is 23.3 Å². The molecule has 0 amide bonds. The number of aliphatic hydroxyl groups is 1. The van der Waals surface area contributed by atoms with Crippen LogP contribution in [0.4, 0.5) is 17.6 Å². The highest BCUT2D eigenvalue weighted by Gasteiger charge is 2.34. The zero-order chi connectivity index (χ0) is 12.3. The minimum absolute atomic E-state index is 0.0650. The van der Waals surface area contributed by atoms with E-state index in [1.165, 1.54) is 0 Å². The van der Waals surface area contributed by atoms with Crippen molar-refractivity contribution in [2.75, 3.05) is 0 Å². The smallest absolute Gasteiger partial charge is 0.402 e. The molecule has 1 aromatic heterocycles. The van der Waals surface area contributed by atoms with E-state index in [1.807, 2.05) is 0 Å². The summed E-state index contributed by atoms with van der Waals surface area (Å²) in [7, 11) is 0. The van der Waals surface area contributed by atoms with Gasteiger partial charge < -0.3 is 9.84 Å². The van der Waals surface area contributed by atoms with Gasteiger partial charge in [-0.25, -0.2) is 4.39 Å². The van der Waals surface area contributed by atoms with E-state index >= 15 is 0 Å². The number of halogens is 5. The van der Waals surface area contributed by atoms with E-state index in [0.29, 0.717) is 6.20 Å². The van der Waals surface area contributed by atoms with E-state index in [0.717, 1.165) is 0 Å². The molecule has 0 spiro atoms. The van der Waals surface area contributed by atoms with Crippen molar-refractivity contribution in [1.82, 2.24) is 4.98 Å². The van der Waals surface area contributed by atoms with E-state index < -0.39 is 30.1 Å². The number of aromatic nitrogens is 1. The molecule has 0 unspecified atom stereocenters. The fourth-order valence-electron chi connectivity index (χ4n) is 1.05. The van der Waals surface area contributed by atoms with Gasteiger partial charge in [-0.15, -0.1) is 24.8 Å². The van der Waals surface area contributed by atoms with E-state index in [4.69, 9.17) is 16.7 Å². The number of hydrogen-bond acceptors (Lipinski definition) is 3. The van der Waals surface area contributed by atoms with Gasteiger partial charge in [0.05, 0.1) is 24.4 Å². The van der Waals surface area contributed by atoms with Gasteiger partial charge in [-0.1, -0.05) is 0 Å². The number of alkyl halides is 4. The van der Waals surface area contributed by atoms with Crippen LogP contribution in [-0.4, -0.2) is 16.5 Å². The van der Waals surface area contributed by atoms with E-state index in [1.54, 1.807) is 0 Å². The van der Waals surface area contributed by atoms with Crippen LogP contribution in [-0.2, 0) is 12.5 Å². The molecule has 1 heterocycles. The molecule has 1 aromatic rings. The number of pyridine rings is 1. The Labute approximate surface area is 92.6 Å². The third kappa shape index (κ3) is 2.96. The van der Waals surface area contributed by atoms with Crippen LogP contribution < -0.4 is 4.74 Å². The van der Waals surface area contributed by atoms with Gasteiger partial charge in [-0.2, -0.15) is 0 Å². The molecule has 0 aliphatic carbocycles. The molecule has 90 valence electrons. The molecule has 1 N–H and O–H groups in total. The number of ether oxygens (including phenoxy) is 1. The number of rotatable bonds is 3. The molecule has 8 heteroatoms. The zero-order valence-corrected chi connectivity index (χ0v) is 8.44. The maximum absolute atomic E-state index is 13.0. The normalized spacial score (nSPS) is 11.6. The van der Waals surface area contributed by atoms with E-state index in [9.17, 15) is 17.6 Å². The second kappa shape index (κ2) is 4.84. The van der Waals surface area contributed by atoms with Crippen molar-refractivity contribution in [1.29, 1.82) is 0 Å². The van der Waals surface area contributed by atoms with Crippen molar-refractivity contribution < 1.29 is 27.4 Å². The van der Waals surface area contributed by atoms with Crippen LogP contribution in [0.5, 0.6) is 5.75 Å². The number of aliphatic hydroxyl groups excluding tert-OH is 1. The predicted octanol–water partition coefficient (Wildman–Crippen LogP) is 2.35. The summed E-state index contributed by atoms with van der Waals surface area (Å²) in [5, 5.41) is 8.84. The van der Waals surface area contributed by atoms with Gasteiger partial charge in [0, 0.05) is 5.56 Å². The average Bonchev–Trinajstić information content (AvgIpc) is 2.19. The number of nitrogens with zero attached hydrogens (tertiary/aromatic N) is 1. The Kier molecular flexibility index (Phi) is 3.93. The Morgan fingerprint density at radius 1 is 1.44 bits per heavy atom. The fourth-order valence-corrected chi connectivity index (χ4v) is 1.28. The molecule has 0 saturated heterocycles. The minimum Gasteiger partial charge on any atom is -0.402 e. The average molecular weight is 260 g/mol. The van der Waals surface area contributed by atoms with Crippen molar-refractivity contribution in [2.45, 2.75) is 18.8 Å². The summed E-state index contributed by atoms with van der Waals surface area (Å²) in [5.41, 5.74) is -0.475. The molecule has 0 saturated carbocycles. The summed E-state index contributed by atoms with van der Waals surface area (Å²) < 4.78 is 52.4. The van der Waals surface area contributed by atoms with Crippen molar-refractivity contribution in [2.24, 2.45) is 0 Å². The lowest BCUT2D eigenvalue weighted by atomic mass is 10.2. The second-order valence-corrected chi connectivity index (χ2v) is 2.97. The van der Waals surface area contributed by atoms with Crippen molar-refractivity contribution in [3.63, 3.8) is 0 Å². The Morgan fingerprint density at radius 2 is 2.06 bits per heavy atom. The first kappa shape index (κ1) is 13.0. The molecule has 0 aliphatic rings. The van der Waals surface area contributed by atoms with Crippen LogP contribution in [0.1, 0.15) is 11.3 Å². The van der Waals surface area contributed by atoms with Gasteiger partial charge in [0.1, 0.15) is 0 Å². The molecule has 1 rings (SSSR count). The molecule has 0 aromatic carbocycles. The van der Waals surface area contributed by atoms with E-state index in [2.05, 4.69) is 9.72 Å². The highest BCUT2D eigenvalue weighted by atomic mass is 35.5. The SMILES string of the molecule is OCc1c(CCl)ncc(F)c1OC(F)(F)F. The third-order valence-electron chi connectivity index (χ3n) is 1.68. The Balaban J connectivity index is 3.23. The molecule has 0 bridgehead atoms. The lowest BCUT2D eigenvalue weighted by Crippen LogP contribution is -2.20. The Bertz CT molecular complexity index is 383. The number of hydrogen-bond donors (Lipinski definition) is 1. The van der Waals surface area contributed by atoms with Crippen LogP contribution in [0.2, 0.25) is 0 Å². The Hall–Kier alpha value is -1.08. The first-order chi connectivity index (χ1) is 7.39. The quantitative estimate of drug-likeness (QED) is 0.669. The van der Waals surface area contributed by atoms with Crippen LogP contribution in [0.3, 0.4) is 0 Å². The highest BCUT2D eigenvalue weighted by Crippen LogP contribution is 2.30. The molecule has 0 fully saturated rings. The summed E-state index contributed by atoms with van der Waals surface area (Å²) in [5.74, 6) is -2.67. The van der Waals surface area contributed by atoms with Crippen LogP contribution in [0.15, 0.2) is 6.20 Å². The fraction of sp³-hybridized carbons (Fsp3) is 0.375. The van der Waals surface area contributed by atoms with Gasteiger partial charge in [0.2, 0.25) is 0 Å². The summed E-state index contributed by atoms with van der Waals surface area (Å²) in [6.07, 6.45) is -4.49. The third-order valence-corrected chi connectivity index (χ3v) is 1.93. The summed E-state index contributed by atoms with van der Waals surface area (Å²) in [6.45, 7) is -0.849. The van der Waals surface area contributed by atoms with Crippen molar-refractivity contribution in [3.8, 4) is 5.75 Å². The highest BCUT2D eigenvalue weighted by molar-refractivity contribution is 6.17.